The molecule has 1 aliphatic rings. The Kier molecular flexibility index (Phi) is 3.67. The summed E-state index contributed by atoms with van der Waals surface area (Å²) in [5, 5.41) is 0. The van der Waals surface area contributed by atoms with Crippen LogP contribution < -0.4 is 4.74 Å². The number of carbonyl (C=O) groups is 1. The number of methoxy groups -OCH3 is 1. The molecule has 0 radical (unpaired) electrons. The van der Waals surface area contributed by atoms with Gasteiger partial charge in [-0.05, 0) is 31.0 Å². The predicted molar refractivity (Wildman–Crippen MR) is 65.5 cm³/mol. The van der Waals surface area contributed by atoms with Gasteiger partial charge in [-0.15, -0.1) is 0 Å². The van der Waals surface area contributed by atoms with Crippen molar-refractivity contribution in [1.29, 1.82) is 0 Å². The second-order valence-electron chi connectivity index (χ2n) is 4.72. The van der Waals surface area contributed by atoms with Gasteiger partial charge in [-0.25, -0.2) is 0 Å². The Bertz CT molecular complexity index is 495. The first-order valence-electron chi connectivity index (χ1n) is 6.24. The van der Waals surface area contributed by atoms with E-state index in [1.54, 1.807) is 24.3 Å². The second kappa shape index (κ2) is 5.00. The van der Waals surface area contributed by atoms with Crippen LogP contribution in [0.5, 0.6) is 5.75 Å². The number of esters is 1. The molecule has 1 aromatic carbocycles. The van der Waals surface area contributed by atoms with E-state index < -0.39 is 23.5 Å². The van der Waals surface area contributed by atoms with Gasteiger partial charge in [0.05, 0.1) is 13.7 Å². The number of ether oxygens (including phenoxy) is 2. The normalized spacial score (nSPS) is 25.1. The van der Waals surface area contributed by atoms with Crippen LogP contribution in [0, 0.1) is 5.41 Å². The van der Waals surface area contributed by atoms with Crippen molar-refractivity contribution in [2.75, 3.05) is 13.7 Å². The van der Waals surface area contributed by atoms with Crippen molar-refractivity contribution in [2.24, 2.45) is 5.41 Å². The van der Waals surface area contributed by atoms with E-state index in [1.807, 2.05) is 0 Å². The van der Waals surface area contributed by atoms with Crippen molar-refractivity contribution in [3.8, 4) is 5.75 Å². The summed E-state index contributed by atoms with van der Waals surface area (Å²) in [6.45, 7) is 1.43. The van der Waals surface area contributed by atoms with Crippen LogP contribution in [0.3, 0.4) is 0 Å². The number of alkyl halides is 3. The molecule has 1 saturated carbocycles. The largest absolute Gasteiger partial charge is 0.497 e. The number of carbonyl (C=O) groups excluding carboxylic acids is 1. The van der Waals surface area contributed by atoms with Gasteiger partial charge in [-0.3, -0.25) is 4.79 Å². The quantitative estimate of drug-likeness (QED) is 0.797. The first-order valence-corrected chi connectivity index (χ1v) is 6.24. The van der Waals surface area contributed by atoms with Gasteiger partial charge in [0.25, 0.3) is 0 Å². The lowest BCUT2D eigenvalue weighted by Gasteiger charge is -2.19. The molecule has 1 fully saturated rings. The van der Waals surface area contributed by atoms with Crippen molar-refractivity contribution in [3.63, 3.8) is 0 Å². The molecule has 0 unspecified atom stereocenters. The molecule has 0 N–H and O–H groups in total. The highest BCUT2D eigenvalue weighted by Crippen LogP contribution is 2.68. The highest BCUT2D eigenvalue weighted by molar-refractivity contribution is 5.83. The van der Waals surface area contributed by atoms with E-state index in [0.29, 0.717) is 11.3 Å². The van der Waals surface area contributed by atoms with Gasteiger partial charge in [0.1, 0.15) is 5.75 Å². The number of hydrogen-bond acceptors (Lipinski definition) is 3. The van der Waals surface area contributed by atoms with Crippen molar-refractivity contribution < 1.29 is 27.4 Å². The average molecular weight is 288 g/mol. The molecule has 0 saturated heterocycles. The summed E-state index contributed by atoms with van der Waals surface area (Å²) in [5.74, 6) is -1.51. The third kappa shape index (κ3) is 2.23. The molecule has 0 bridgehead atoms. The van der Waals surface area contributed by atoms with E-state index in [0.717, 1.165) is 0 Å². The third-order valence-corrected chi connectivity index (χ3v) is 3.62. The van der Waals surface area contributed by atoms with Crippen LogP contribution in [-0.2, 0) is 9.53 Å². The lowest BCUT2D eigenvalue weighted by molar-refractivity contribution is -0.207. The lowest BCUT2D eigenvalue weighted by atomic mass is 9.98. The first-order chi connectivity index (χ1) is 9.36. The monoisotopic (exact) mass is 288 g/mol. The summed E-state index contributed by atoms with van der Waals surface area (Å²) >= 11 is 0. The van der Waals surface area contributed by atoms with E-state index in [4.69, 9.17) is 4.74 Å². The standard InChI is InChI=1S/C14H15F3O3/c1-3-20-12(18)13(14(15,16)17)8-11(13)9-4-6-10(19-2)7-5-9/h4-7,11H,3,8H2,1-2H3/t11-,13+/m1/s1. The number of benzene rings is 1. The summed E-state index contributed by atoms with van der Waals surface area (Å²) in [5.41, 5.74) is -1.92. The molecule has 1 aliphatic carbocycles. The Morgan fingerprint density at radius 2 is 1.95 bits per heavy atom. The number of hydrogen-bond donors (Lipinski definition) is 0. The summed E-state index contributed by atoms with van der Waals surface area (Å²) < 4.78 is 49.2. The molecule has 2 atom stereocenters. The minimum Gasteiger partial charge on any atom is -0.497 e. The second-order valence-corrected chi connectivity index (χ2v) is 4.72. The molecule has 20 heavy (non-hydrogen) atoms. The van der Waals surface area contributed by atoms with E-state index in [9.17, 15) is 18.0 Å². The Labute approximate surface area is 114 Å². The van der Waals surface area contributed by atoms with Crippen molar-refractivity contribution in [2.45, 2.75) is 25.4 Å². The van der Waals surface area contributed by atoms with Crippen molar-refractivity contribution >= 4 is 5.97 Å². The van der Waals surface area contributed by atoms with Crippen molar-refractivity contribution in [3.05, 3.63) is 29.8 Å². The molecule has 6 heteroatoms. The van der Waals surface area contributed by atoms with Crippen LogP contribution in [0.1, 0.15) is 24.8 Å². The molecule has 0 heterocycles. The van der Waals surface area contributed by atoms with Gasteiger partial charge in [0.2, 0.25) is 0 Å². The highest BCUT2D eigenvalue weighted by atomic mass is 19.4. The SMILES string of the molecule is CCOC(=O)[C@]1(C(F)(F)F)C[C@@H]1c1ccc(OC)cc1. The Hall–Kier alpha value is -1.72. The zero-order chi connectivity index (χ0) is 15.0. The minimum atomic E-state index is -4.61. The minimum absolute atomic E-state index is 0.0635. The van der Waals surface area contributed by atoms with Crippen LogP contribution in [0.25, 0.3) is 0 Å². The Morgan fingerprint density at radius 3 is 2.40 bits per heavy atom. The highest BCUT2D eigenvalue weighted by Gasteiger charge is 2.76. The van der Waals surface area contributed by atoms with Gasteiger partial charge in [-0.1, -0.05) is 12.1 Å². The third-order valence-electron chi connectivity index (χ3n) is 3.62. The molecule has 0 aromatic heterocycles. The topological polar surface area (TPSA) is 35.5 Å². The van der Waals surface area contributed by atoms with E-state index in [2.05, 4.69) is 4.74 Å². The molecule has 0 aliphatic heterocycles. The molecule has 1 aromatic rings. The van der Waals surface area contributed by atoms with Gasteiger partial charge >= 0.3 is 12.1 Å². The summed E-state index contributed by atoms with van der Waals surface area (Å²) in [4.78, 5) is 11.7. The summed E-state index contributed by atoms with van der Waals surface area (Å²) in [6.07, 6.45) is -4.87. The average Bonchev–Trinajstić information content (AvgIpc) is 3.15. The van der Waals surface area contributed by atoms with Crippen LogP contribution in [0.4, 0.5) is 13.2 Å². The van der Waals surface area contributed by atoms with E-state index >= 15 is 0 Å². The molecule has 2 rings (SSSR count). The Balaban J connectivity index is 2.27. The van der Waals surface area contributed by atoms with Gasteiger partial charge in [0.15, 0.2) is 5.41 Å². The molecule has 3 nitrogen and oxygen atoms in total. The maximum Gasteiger partial charge on any atom is 0.405 e. The maximum atomic E-state index is 13.2. The molecule has 110 valence electrons. The lowest BCUT2D eigenvalue weighted by Crippen LogP contribution is -2.35. The molecule has 0 spiro atoms. The fourth-order valence-corrected chi connectivity index (χ4v) is 2.42. The molecular formula is C14H15F3O3. The number of rotatable bonds is 4. The first kappa shape index (κ1) is 14.7. The zero-order valence-corrected chi connectivity index (χ0v) is 11.2. The van der Waals surface area contributed by atoms with Gasteiger partial charge < -0.3 is 9.47 Å². The maximum absolute atomic E-state index is 13.2. The van der Waals surface area contributed by atoms with E-state index in [-0.39, 0.29) is 13.0 Å². The van der Waals surface area contributed by atoms with Crippen molar-refractivity contribution in [1.82, 2.24) is 0 Å². The zero-order valence-electron chi connectivity index (χ0n) is 11.2. The van der Waals surface area contributed by atoms with Crippen LogP contribution >= 0.6 is 0 Å². The van der Waals surface area contributed by atoms with Crippen LogP contribution in [-0.4, -0.2) is 25.9 Å². The summed E-state index contributed by atoms with van der Waals surface area (Å²) in [7, 11) is 1.48. The van der Waals surface area contributed by atoms with Crippen LogP contribution in [0.15, 0.2) is 24.3 Å². The number of halogens is 3. The van der Waals surface area contributed by atoms with Gasteiger partial charge in [0, 0.05) is 5.92 Å². The summed E-state index contributed by atoms with van der Waals surface area (Å²) in [6, 6.07) is 6.27. The fraction of sp³-hybridized carbons (Fsp3) is 0.500. The fourth-order valence-electron chi connectivity index (χ4n) is 2.42. The predicted octanol–water partition coefficient (Wildman–Crippen LogP) is 3.29. The van der Waals surface area contributed by atoms with Gasteiger partial charge in [-0.2, -0.15) is 13.2 Å². The van der Waals surface area contributed by atoms with E-state index in [1.165, 1.54) is 14.0 Å². The molecule has 0 amide bonds. The molecular weight excluding hydrogens is 273 g/mol. The Morgan fingerprint density at radius 1 is 1.35 bits per heavy atom. The smallest absolute Gasteiger partial charge is 0.405 e. The van der Waals surface area contributed by atoms with Crippen LogP contribution in [0.2, 0.25) is 0 Å².